The van der Waals surface area contributed by atoms with Crippen LogP contribution in [0.15, 0.2) is 24.3 Å². The maximum absolute atomic E-state index is 12.3. The van der Waals surface area contributed by atoms with Gasteiger partial charge >= 0.3 is 0 Å². The Balaban J connectivity index is 1.72. The predicted molar refractivity (Wildman–Crippen MR) is 111 cm³/mol. The summed E-state index contributed by atoms with van der Waals surface area (Å²) < 4.78 is 0. The molecule has 0 heterocycles. The number of carbonyl (C=O) groups excluding carboxylic acids is 2. The van der Waals surface area contributed by atoms with Crippen LogP contribution < -0.4 is 15.5 Å². The van der Waals surface area contributed by atoms with Crippen LogP contribution in [0.3, 0.4) is 0 Å². The third-order valence-corrected chi connectivity index (χ3v) is 5.34. The lowest BCUT2D eigenvalue weighted by Gasteiger charge is -2.23. The van der Waals surface area contributed by atoms with Crippen molar-refractivity contribution in [1.29, 1.82) is 0 Å². The molecule has 0 spiro atoms. The van der Waals surface area contributed by atoms with Crippen LogP contribution in [0.4, 0.5) is 5.69 Å². The van der Waals surface area contributed by atoms with Crippen molar-refractivity contribution in [2.45, 2.75) is 58.8 Å². The quantitative estimate of drug-likeness (QED) is 0.614. The van der Waals surface area contributed by atoms with Gasteiger partial charge in [0.15, 0.2) is 0 Å². The number of unbranched alkanes of at least 4 members (excludes halogenated alkanes) is 1. The molecule has 5 nitrogen and oxygen atoms in total. The first kappa shape index (κ1) is 21.3. The van der Waals surface area contributed by atoms with Gasteiger partial charge in [-0.25, -0.2) is 0 Å². The minimum absolute atomic E-state index is 0.0925. The van der Waals surface area contributed by atoms with Crippen molar-refractivity contribution < 1.29 is 9.59 Å². The molecule has 1 aliphatic rings. The Hall–Kier alpha value is -2.04. The molecule has 5 heteroatoms. The topological polar surface area (TPSA) is 61.4 Å². The van der Waals surface area contributed by atoms with Crippen LogP contribution in [0.2, 0.25) is 0 Å². The van der Waals surface area contributed by atoms with Crippen LogP contribution in [-0.4, -0.2) is 38.0 Å². The number of nitrogens with one attached hydrogen (secondary N) is 2. The van der Waals surface area contributed by atoms with E-state index in [1.165, 1.54) is 19.3 Å². The normalized spacial score (nSPS) is 14.6. The fourth-order valence-electron chi connectivity index (χ4n) is 3.62. The standard InChI is InChI=1S/C22H35N3O2/c1-3-5-17-25(4-2)20-13-11-19(12-14-20)22(27)24-16-15-23-21(26)18-9-7-6-8-10-18/h11-14,18H,3-10,15-17H2,1-2H3,(H,23,26)(H,24,27). The Labute approximate surface area is 163 Å². The van der Waals surface area contributed by atoms with Crippen LogP contribution in [0, 0.1) is 5.92 Å². The summed E-state index contributed by atoms with van der Waals surface area (Å²) >= 11 is 0. The van der Waals surface area contributed by atoms with E-state index in [2.05, 4.69) is 29.4 Å². The van der Waals surface area contributed by atoms with Gasteiger partial charge in [-0.05, 0) is 50.5 Å². The minimum atomic E-state index is -0.0925. The van der Waals surface area contributed by atoms with Crippen molar-refractivity contribution in [2.24, 2.45) is 5.92 Å². The molecule has 1 aromatic rings. The van der Waals surface area contributed by atoms with Gasteiger partial charge in [0, 0.05) is 43.3 Å². The van der Waals surface area contributed by atoms with Gasteiger partial charge in [0.2, 0.25) is 5.91 Å². The van der Waals surface area contributed by atoms with Crippen LogP contribution in [0.5, 0.6) is 0 Å². The first-order chi connectivity index (χ1) is 13.2. The van der Waals surface area contributed by atoms with E-state index >= 15 is 0 Å². The molecule has 2 amide bonds. The second kappa shape index (κ2) is 11.6. The van der Waals surface area contributed by atoms with Gasteiger partial charge < -0.3 is 15.5 Å². The van der Waals surface area contributed by atoms with E-state index in [9.17, 15) is 9.59 Å². The molecular weight excluding hydrogens is 338 g/mol. The highest BCUT2D eigenvalue weighted by Crippen LogP contribution is 2.23. The highest BCUT2D eigenvalue weighted by molar-refractivity contribution is 5.94. The van der Waals surface area contributed by atoms with Gasteiger partial charge in [0.25, 0.3) is 5.91 Å². The summed E-state index contributed by atoms with van der Waals surface area (Å²) in [6, 6.07) is 7.78. The van der Waals surface area contributed by atoms with E-state index in [1.54, 1.807) is 0 Å². The monoisotopic (exact) mass is 373 g/mol. The molecule has 1 aromatic carbocycles. The van der Waals surface area contributed by atoms with E-state index in [0.717, 1.165) is 44.5 Å². The number of rotatable bonds is 10. The van der Waals surface area contributed by atoms with E-state index in [0.29, 0.717) is 18.7 Å². The average molecular weight is 374 g/mol. The Morgan fingerprint density at radius 3 is 2.30 bits per heavy atom. The number of nitrogens with zero attached hydrogens (tertiary/aromatic N) is 1. The molecule has 0 saturated heterocycles. The second-order valence-electron chi connectivity index (χ2n) is 7.36. The summed E-state index contributed by atoms with van der Waals surface area (Å²) in [5.41, 5.74) is 1.81. The highest BCUT2D eigenvalue weighted by atomic mass is 16.2. The number of anilines is 1. The highest BCUT2D eigenvalue weighted by Gasteiger charge is 2.20. The average Bonchev–Trinajstić information content (AvgIpc) is 2.72. The van der Waals surface area contributed by atoms with Gasteiger partial charge in [-0.15, -0.1) is 0 Å². The third-order valence-electron chi connectivity index (χ3n) is 5.34. The summed E-state index contributed by atoms with van der Waals surface area (Å²) in [6.07, 6.45) is 7.89. The van der Waals surface area contributed by atoms with E-state index in [1.807, 2.05) is 24.3 Å². The number of hydrogen-bond donors (Lipinski definition) is 2. The zero-order valence-corrected chi connectivity index (χ0v) is 16.9. The first-order valence-corrected chi connectivity index (χ1v) is 10.6. The molecule has 0 aromatic heterocycles. The molecule has 1 fully saturated rings. The molecule has 0 atom stereocenters. The van der Waals surface area contributed by atoms with Crippen LogP contribution in [0.1, 0.15) is 69.2 Å². The molecule has 0 unspecified atom stereocenters. The number of amides is 2. The van der Waals surface area contributed by atoms with Crippen molar-refractivity contribution in [3.05, 3.63) is 29.8 Å². The van der Waals surface area contributed by atoms with Crippen LogP contribution in [-0.2, 0) is 4.79 Å². The van der Waals surface area contributed by atoms with Gasteiger partial charge in [-0.3, -0.25) is 9.59 Å². The molecule has 1 aliphatic carbocycles. The van der Waals surface area contributed by atoms with Crippen LogP contribution >= 0.6 is 0 Å². The molecular formula is C22H35N3O2. The molecule has 1 saturated carbocycles. The van der Waals surface area contributed by atoms with Gasteiger partial charge in [0.05, 0.1) is 0 Å². The third kappa shape index (κ3) is 6.89. The van der Waals surface area contributed by atoms with Gasteiger partial charge in [0.1, 0.15) is 0 Å². The number of benzene rings is 1. The van der Waals surface area contributed by atoms with Gasteiger partial charge in [-0.1, -0.05) is 32.6 Å². The second-order valence-corrected chi connectivity index (χ2v) is 7.36. The molecule has 2 N–H and O–H groups in total. The lowest BCUT2D eigenvalue weighted by atomic mass is 9.89. The van der Waals surface area contributed by atoms with E-state index < -0.39 is 0 Å². The Morgan fingerprint density at radius 1 is 1.00 bits per heavy atom. The molecule has 150 valence electrons. The molecule has 0 radical (unpaired) electrons. The van der Waals surface area contributed by atoms with Crippen molar-refractivity contribution in [3.8, 4) is 0 Å². The fourth-order valence-corrected chi connectivity index (χ4v) is 3.62. The lowest BCUT2D eigenvalue weighted by Crippen LogP contribution is -2.38. The fraction of sp³-hybridized carbons (Fsp3) is 0.636. The molecule has 0 bridgehead atoms. The summed E-state index contributed by atoms with van der Waals surface area (Å²) in [5, 5.41) is 5.84. The van der Waals surface area contributed by atoms with E-state index in [4.69, 9.17) is 0 Å². The maximum Gasteiger partial charge on any atom is 0.251 e. The van der Waals surface area contributed by atoms with Crippen molar-refractivity contribution >= 4 is 17.5 Å². The lowest BCUT2D eigenvalue weighted by molar-refractivity contribution is -0.125. The summed E-state index contributed by atoms with van der Waals surface area (Å²) in [6.45, 7) is 7.29. The van der Waals surface area contributed by atoms with Crippen molar-refractivity contribution in [1.82, 2.24) is 10.6 Å². The molecule has 27 heavy (non-hydrogen) atoms. The largest absolute Gasteiger partial charge is 0.372 e. The Bertz CT molecular complexity index is 580. The van der Waals surface area contributed by atoms with E-state index in [-0.39, 0.29) is 17.7 Å². The van der Waals surface area contributed by atoms with Crippen molar-refractivity contribution in [2.75, 3.05) is 31.1 Å². The Kier molecular flexibility index (Phi) is 9.16. The SMILES string of the molecule is CCCCN(CC)c1ccc(C(=O)NCCNC(=O)C2CCCCC2)cc1. The summed E-state index contributed by atoms with van der Waals surface area (Å²) in [5.74, 6) is 0.210. The zero-order chi connectivity index (χ0) is 19.5. The first-order valence-electron chi connectivity index (χ1n) is 10.6. The Morgan fingerprint density at radius 2 is 1.67 bits per heavy atom. The zero-order valence-electron chi connectivity index (χ0n) is 16.9. The number of carbonyl (C=O) groups is 2. The van der Waals surface area contributed by atoms with Gasteiger partial charge in [-0.2, -0.15) is 0 Å². The van der Waals surface area contributed by atoms with Crippen LogP contribution in [0.25, 0.3) is 0 Å². The summed E-state index contributed by atoms with van der Waals surface area (Å²) in [7, 11) is 0. The van der Waals surface area contributed by atoms with Crippen molar-refractivity contribution in [3.63, 3.8) is 0 Å². The smallest absolute Gasteiger partial charge is 0.251 e. The number of hydrogen-bond acceptors (Lipinski definition) is 3. The minimum Gasteiger partial charge on any atom is -0.372 e. The predicted octanol–water partition coefficient (Wildman–Crippen LogP) is 3.74. The molecule has 0 aliphatic heterocycles. The maximum atomic E-state index is 12.3. The summed E-state index contributed by atoms with van der Waals surface area (Å²) in [4.78, 5) is 26.7. The molecule has 2 rings (SSSR count).